The maximum Gasteiger partial charge on any atom is 0.142 e. The van der Waals surface area contributed by atoms with E-state index < -0.39 is 0 Å². The van der Waals surface area contributed by atoms with Crippen molar-refractivity contribution in [2.24, 2.45) is 0 Å². The second-order valence-corrected chi connectivity index (χ2v) is 5.61. The number of hydrogen-bond donors (Lipinski definition) is 1. The molecule has 1 atom stereocenters. The summed E-state index contributed by atoms with van der Waals surface area (Å²) >= 11 is 6.05. The molecule has 1 N–H and O–H groups in total. The Morgan fingerprint density at radius 2 is 2.11 bits per heavy atom. The van der Waals surface area contributed by atoms with Crippen molar-refractivity contribution in [3.8, 4) is 0 Å². The highest BCUT2D eigenvalue weighted by molar-refractivity contribution is 6.31. The molecule has 0 bridgehead atoms. The van der Waals surface area contributed by atoms with Crippen molar-refractivity contribution in [1.82, 2.24) is 5.32 Å². The minimum Gasteiger partial charge on any atom is -0.377 e. The molecule has 0 saturated heterocycles. The third-order valence-electron chi connectivity index (χ3n) is 4.30. The first-order chi connectivity index (χ1) is 9.13. The summed E-state index contributed by atoms with van der Waals surface area (Å²) in [5, 5.41) is 3.55. The fourth-order valence-electron chi connectivity index (χ4n) is 3.15. The second kappa shape index (κ2) is 6.21. The Morgan fingerprint density at radius 3 is 2.68 bits per heavy atom. The van der Waals surface area contributed by atoms with Gasteiger partial charge in [-0.25, -0.2) is 4.39 Å². The highest BCUT2D eigenvalue weighted by Gasteiger charge is 2.41. The van der Waals surface area contributed by atoms with Crippen LogP contribution < -0.4 is 5.32 Å². The third kappa shape index (κ3) is 2.93. The van der Waals surface area contributed by atoms with Crippen molar-refractivity contribution in [1.29, 1.82) is 0 Å². The third-order valence-corrected chi connectivity index (χ3v) is 4.72. The van der Waals surface area contributed by atoms with Crippen LogP contribution in [0, 0.1) is 5.82 Å². The van der Waals surface area contributed by atoms with E-state index >= 15 is 0 Å². The molecule has 1 aromatic carbocycles. The Kier molecular flexibility index (Phi) is 4.82. The van der Waals surface area contributed by atoms with Gasteiger partial charge in [0.25, 0.3) is 0 Å². The lowest BCUT2D eigenvalue weighted by Crippen LogP contribution is -2.50. The molecular formula is C15H21ClFNO. The van der Waals surface area contributed by atoms with Gasteiger partial charge >= 0.3 is 0 Å². The Morgan fingerprint density at radius 1 is 1.42 bits per heavy atom. The summed E-state index contributed by atoms with van der Waals surface area (Å²) < 4.78 is 19.3. The van der Waals surface area contributed by atoms with Crippen LogP contribution in [0.5, 0.6) is 0 Å². The van der Waals surface area contributed by atoms with Gasteiger partial charge in [0.15, 0.2) is 0 Å². The molecule has 1 unspecified atom stereocenters. The van der Waals surface area contributed by atoms with Gasteiger partial charge in [0.1, 0.15) is 5.82 Å². The summed E-state index contributed by atoms with van der Waals surface area (Å²) in [7, 11) is 3.69. The summed E-state index contributed by atoms with van der Waals surface area (Å²) in [6.07, 6.45) is 5.14. The van der Waals surface area contributed by atoms with Crippen LogP contribution in [0.2, 0.25) is 5.02 Å². The lowest BCUT2D eigenvalue weighted by Gasteiger charge is -2.36. The zero-order chi connectivity index (χ0) is 13.9. The lowest BCUT2D eigenvalue weighted by atomic mass is 9.87. The summed E-state index contributed by atoms with van der Waals surface area (Å²) in [6, 6.07) is 5.13. The molecule has 1 saturated carbocycles. The van der Waals surface area contributed by atoms with Crippen molar-refractivity contribution < 1.29 is 9.13 Å². The molecule has 2 nitrogen and oxygen atoms in total. The number of likely N-dealkylation sites (N-methyl/N-ethyl adjacent to an activating group) is 1. The predicted octanol–water partition coefficient (Wildman–Crippen LogP) is 3.57. The first-order valence-electron chi connectivity index (χ1n) is 6.78. The summed E-state index contributed by atoms with van der Waals surface area (Å²) in [6.45, 7) is 0. The second-order valence-electron chi connectivity index (χ2n) is 5.23. The van der Waals surface area contributed by atoms with E-state index in [1.807, 2.05) is 13.1 Å². The lowest BCUT2D eigenvalue weighted by molar-refractivity contribution is -0.0336. The van der Waals surface area contributed by atoms with Crippen molar-refractivity contribution in [3.63, 3.8) is 0 Å². The molecular weight excluding hydrogens is 265 g/mol. The van der Waals surface area contributed by atoms with Crippen molar-refractivity contribution in [2.45, 2.75) is 43.7 Å². The monoisotopic (exact) mass is 285 g/mol. The van der Waals surface area contributed by atoms with Gasteiger partial charge in [-0.3, -0.25) is 0 Å². The zero-order valence-corrected chi connectivity index (χ0v) is 12.3. The van der Waals surface area contributed by atoms with Crippen LogP contribution in [0.25, 0.3) is 0 Å². The summed E-state index contributed by atoms with van der Waals surface area (Å²) in [5.41, 5.74) is 0.689. The van der Waals surface area contributed by atoms with Gasteiger partial charge in [-0.05, 0) is 37.9 Å². The molecule has 1 aliphatic carbocycles. The van der Waals surface area contributed by atoms with Gasteiger partial charge in [0, 0.05) is 13.2 Å². The molecule has 0 aromatic heterocycles. The van der Waals surface area contributed by atoms with Crippen LogP contribution in [-0.4, -0.2) is 25.8 Å². The number of rotatable bonds is 5. The SMILES string of the molecule is CNC(Cc1cccc(F)c1Cl)C1(OC)CCCC1. The molecule has 106 valence electrons. The van der Waals surface area contributed by atoms with Gasteiger partial charge in [-0.2, -0.15) is 0 Å². The van der Waals surface area contributed by atoms with Crippen LogP contribution in [0.1, 0.15) is 31.2 Å². The fraction of sp³-hybridized carbons (Fsp3) is 0.600. The molecule has 1 aliphatic rings. The van der Waals surface area contributed by atoms with Crippen LogP contribution in [0.4, 0.5) is 4.39 Å². The minimum atomic E-state index is -0.355. The van der Waals surface area contributed by atoms with Crippen LogP contribution in [0.15, 0.2) is 18.2 Å². The molecule has 0 aliphatic heterocycles. The number of benzene rings is 1. The van der Waals surface area contributed by atoms with Crippen LogP contribution in [0.3, 0.4) is 0 Å². The Balaban J connectivity index is 2.21. The Labute approximate surface area is 119 Å². The molecule has 1 aromatic rings. The normalized spacial score (nSPS) is 19.6. The van der Waals surface area contributed by atoms with Gasteiger partial charge in [0.05, 0.1) is 10.6 Å². The van der Waals surface area contributed by atoms with Gasteiger partial charge < -0.3 is 10.1 Å². The first kappa shape index (κ1) is 14.8. The van der Waals surface area contributed by atoms with Crippen LogP contribution in [-0.2, 0) is 11.2 Å². The maximum absolute atomic E-state index is 13.5. The fourth-order valence-corrected chi connectivity index (χ4v) is 3.35. The van der Waals surface area contributed by atoms with Gasteiger partial charge in [-0.15, -0.1) is 0 Å². The van der Waals surface area contributed by atoms with Crippen molar-refractivity contribution >= 4 is 11.6 Å². The Hall–Kier alpha value is -0.640. The Bertz CT molecular complexity index is 432. The van der Waals surface area contributed by atoms with E-state index in [9.17, 15) is 4.39 Å². The molecule has 0 radical (unpaired) electrons. The highest BCUT2D eigenvalue weighted by atomic mass is 35.5. The number of methoxy groups -OCH3 is 1. The van der Waals surface area contributed by atoms with E-state index in [1.165, 1.54) is 18.9 Å². The quantitative estimate of drug-likeness (QED) is 0.893. The largest absolute Gasteiger partial charge is 0.377 e. The minimum absolute atomic E-state index is 0.148. The van der Waals surface area contributed by atoms with Crippen molar-refractivity contribution in [3.05, 3.63) is 34.6 Å². The average molecular weight is 286 g/mol. The number of nitrogens with one attached hydrogen (secondary N) is 1. The van der Waals surface area contributed by atoms with E-state index in [0.29, 0.717) is 6.42 Å². The van der Waals surface area contributed by atoms with E-state index in [4.69, 9.17) is 16.3 Å². The molecule has 1 fully saturated rings. The molecule has 0 heterocycles. The van der Waals surface area contributed by atoms with Gasteiger partial charge in [-0.1, -0.05) is 36.6 Å². The highest BCUT2D eigenvalue weighted by Crippen LogP contribution is 2.37. The topological polar surface area (TPSA) is 21.3 Å². The van der Waals surface area contributed by atoms with E-state index in [0.717, 1.165) is 18.4 Å². The van der Waals surface area contributed by atoms with E-state index in [2.05, 4.69) is 5.32 Å². The predicted molar refractivity (Wildman–Crippen MR) is 76.2 cm³/mol. The smallest absolute Gasteiger partial charge is 0.142 e. The number of halogens is 2. The van der Waals surface area contributed by atoms with Crippen LogP contribution >= 0.6 is 11.6 Å². The first-order valence-corrected chi connectivity index (χ1v) is 7.16. The molecule has 4 heteroatoms. The average Bonchev–Trinajstić information content (AvgIpc) is 2.90. The zero-order valence-electron chi connectivity index (χ0n) is 11.5. The molecule has 2 rings (SSSR count). The molecule has 0 spiro atoms. The molecule has 19 heavy (non-hydrogen) atoms. The van der Waals surface area contributed by atoms with E-state index in [1.54, 1.807) is 13.2 Å². The van der Waals surface area contributed by atoms with Crippen molar-refractivity contribution in [2.75, 3.05) is 14.2 Å². The standard InChI is InChI=1S/C15H21ClFNO/c1-18-13(15(19-2)8-3-4-9-15)10-11-6-5-7-12(17)14(11)16/h5-7,13,18H,3-4,8-10H2,1-2H3. The molecule has 0 amide bonds. The summed E-state index contributed by atoms with van der Waals surface area (Å²) in [4.78, 5) is 0. The van der Waals surface area contributed by atoms with E-state index in [-0.39, 0.29) is 22.5 Å². The van der Waals surface area contributed by atoms with Gasteiger partial charge in [0.2, 0.25) is 0 Å². The number of hydrogen-bond acceptors (Lipinski definition) is 2. The maximum atomic E-state index is 13.5. The summed E-state index contributed by atoms with van der Waals surface area (Å²) in [5.74, 6) is -0.355. The number of ether oxygens (including phenoxy) is 1.